The summed E-state index contributed by atoms with van der Waals surface area (Å²) in [7, 11) is 0. The number of rotatable bonds is 6. The van der Waals surface area contributed by atoms with Crippen LogP contribution in [0.1, 0.15) is 15.9 Å². The first-order valence-electron chi connectivity index (χ1n) is 7.33. The van der Waals surface area contributed by atoms with Gasteiger partial charge in [-0.2, -0.15) is 11.8 Å². The number of hydrogen-bond acceptors (Lipinski definition) is 4. The molecule has 126 valence electrons. The van der Waals surface area contributed by atoms with Crippen LogP contribution in [0.3, 0.4) is 0 Å². The van der Waals surface area contributed by atoms with E-state index in [1.165, 1.54) is 5.56 Å². The average Bonchev–Trinajstić information content (AvgIpc) is 3.05. The van der Waals surface area contributed by atoms with Crippen LogP contribution in [0.15, 0.2) is 36.4 Å². The van der Waals surface area contributed by atoms with Gasteiger partial charge in [-0.3, -0.25) is 4.79 Å². The van der Waals surface area contributed by atoms with Crippen molar-refractivity contribution in [1.29, 1.82) is 0 Å². The van der Waals surface area contributed by atoms with Crippen LogP contribution < -0.4 is 14.8 Å². The zero-order chi connectivity index (χ0) is 16.9. The molecule has 0 saturated carbocycles. The number of benzene rings is 2. The third kappa shape index (κ3) is 4.29. The Labute approximate surface area is 154 Å². The van der Waals surface area contributed by atoms with Crippen molar-refractivity contribution in [3.8, 4) is 11.5 Å². The molecule has 3 rings (SSSR count). The number of nitrogens with one attached hydrogen (secondary N) is 1. The molecule has 0 aliphatic carbocycles. The van der Waals surface area contributed by atoms with Gasteiger partial charge < -0.3 is 14.8 Å². The molecule has 1 aliphatic heterocycles. The van der Waals surface area contributed by atoms with Gasteiger partial charge in [0, 0.05) is 28.6 Å². The van der Waals surface area contributed by atoms with E-state index in [1.54, 1.807) is 23.9 Å². The second-order valence-electron chi connectivity index (χ2n) is 5.13. The molecule has 0 aromatic heterocycles. The number of carbonyl (C=O) groups excluding carboxylic acids is 1. The van der Waals surface area contributed by atoms with Gasteiger partial charge in [0.25, 0.3) is 5.91 Å². The Morgan fingerprint density at radius 3 is 2.75 bits per heavy atom. The topological polar surface area (TPSA) is 47.6 Å². The summed E-state index contributed by atoms with van der Waals surface area (Å²) in [5.74, 6) is 2.51. The van der Waals surface area contributed by atoms with Gasteiger partial charge in [0.1, 0.15) is 0 Å². The lowest BCUT2D eigenvalue weighted by molar-refractivity contribution is 0.0955. The van der Waals surface area contributed by atoms with Crippen molar-refractivity contribution in [1.82, 2.24) is 5.32 Å². The standard InChI is InChI=1S/C17H15Cl2NO3S/c18-13-3-1-11(2-4-13)9-24-6-5-20-17(21)12-7-14(19)16-15(8-12)22-10-23-16/h1-4,7-8H,5-6,9-10H2,(H,20,21). The molecule has 0 saturated heterocycles. The number of carbonyl (C=O) groups is 1. The van der Waals surface area contributed by atoms with Crippen LogP contribution in [0.2, 0.25) is 10.0 Å². The highest BCUT2D eigenvalue weighted by Gasteiger charge is 2.20. The SMILES string of the molecule is O=C(NCCSCc1ccc(Cl)cc1)c1cc(Cl)c2c(c1)OCO2. The van der Waals surface area contributed by atoms with Crippen molar-refractivity contribution >= 4 is 40.9 Å². The van der Waals surface area contributed by atoms with Crippen LogP contribution in [0.25, 0.3) is 0 Å². The predicted molar refractivity (Wildman–Crippen MR) is 97.5 cm³/mol. The zero-order valence-corrected chi connectivity index (χ0v) is 15.0. The van der Waals surface area contributed by atoms with Crippen LogP contribution in [0.4, 0.5) is 0 Å². The second-order valence-corrected chi connectivity index (χ2v) is 7.08. The lowest BCUT2D eigenvalue weighted by atomic mass is 10.2. The largest absolute Gasteiger partial charge is 0.454 e. The Hall–Kier alpha value is -1.56. The maximum Gasteiger partial charge on any atom is 0.251 e. The summed E-state index contributed by atoms with van der Waals surface area (Å²) in [6, 6.07) is 11.0. The minimum atomic E-state index is -0.178. The van der Waals surface area contributed by atoms with Gasteiger partial charge in [0.15, 0.2) is 11.5 Å². The highest BCUT2D eigenvalue weighted by atomic mass is 35.5. The molecule has 0 radical (unpaired) electrons. The van der Waals surface area contributed by atoms with Crippen molar-refractivity contribution in [2.75, 3.05) is 19.1 Å². The Morgan fingerprint density at radius 2 is 1.96 bits per heavy atom. The summed E-state index contributed by atoms with van der Waals surface area (Å²) in [6.07, 6.45) is 0. The molecule has 1 aliphatic rings. The van der Waals surface area contributed by atoms with Gasteiger partial charge in [-0.1, -0.05) is 35.3 Å². The Morgan fingerprint density at radius 1 is 1.17 bits per heavy atom. The summed E-state index contributed by atoms with van der Waals surface area (Å²) in [6.45, 7) is 0.699. The van der Waals surface area contributed by atoms with E-state index in [0.29, 0.717) is 28.6 Å². The van der Waals surface area contributed by atoms with Crippen molar-refractivity contribution in [2.45, 2.75) is 5.75 Å². The molecule has 0 spiro atoms. The molecule has 1 amide bonds. The maximum absolute atomic E-state index is 12.2. The summed E-state index contributed by atoms with van der Waals surface area (Å²) >= 11 is 13.7. The highest BCUT2D eigenvalue weighted by molar-refractivity contribution is 7.98. The lowest BCUT2D eigenvalue weighted by Gasteiger charge is -2.07. The smallest absolute Gasteiger partial charge is 0.251 e. The van der Waals surface area contributed by atoms with E-state index in [1.807, 2.05) is 24.3 Å². The molecule has 0 atom stereocenters. The number of hydrogen-bond donors (Lipinski definition) is 1. The van der Waals surface area contributed by atoms with Crippen LogP contribution in [0, 0.1) is 0 Å². The first-order valence-corrected chi connectivity index (χ1v) is 9.24. The molecule has 1 N–H and O–H groups in total. The third-order valence-electron chi connectivity index (χ3n) is 3.40. The number of halogens is 2. The first kappa shape index (κ1) is 17.3. The van der Waals surface area contributed by atoms with Crippen LogP contribution in [0.5, 0.6) is 11.5 Å². The van der Waals surface area contributed by atoms with Gasteiger partial charge >= 0.3 is 0 Å². The summed E-state index contributed by atoms with van der Waals surface area (Å²) in [5, 5.41) is 3.99. The number of fused-ring (bicyclic) bond motifs is 1. The van der Waals surface area contributed by atoms with E-state index in [4.69, 9.17) is 32.7 Å². The van der Waals surface area contributed by atoms with Crippen molar-refractivity contribution in [2.24, 2.45) is 0 Å². The number of ether oxygens (including phenoxy) is 2. The predicted octanol–water partition coefficient (Wildman–Crippen LogP) is 4.39. The fraction of sp³-hybridized carbons (Fsp3) is 0.235. The van der Waals surface area contributed by atoms with E-state index in [9.17, 15) is 4.79 Å². The van der Waals surface area contributed by atoms with Gasteiger partial charge in [0.05, 0.1) is 5.02 Å². The minimum absolute atomic E-state index is 0.126. The molecular weight excluding hydrogens is 369 g/mol. The van der Waals surface area contributed by atoms with Gasteiger partial charge in [-0.25, -0.2) is 0 Å². The van der Waals surface area contributed by atoms with E-state index in [0.717, 1.165) is 16.5 Å². The maximum atomic E-state index is 12.2. The van der Waals surface area contributed by atoms with Crippen molar-refractivity contribution in [3.05, 3.63) is 57.6 Å². The Bertz CT molecular complexity index is 737. The zero-order valence-electron chi connectivity index (χ0n) is 12.7. The van der Waals surface area contributed by atoms with Crippen LogP contribution >= 0.6 is 35.0 Å². The van der Waals surface area contributed by atoms with E-state index >= 15 is 0 Å². The fourth-order valence-corrected chi connectivity index (χ4v) is 3.42. The minimum Gasteiger partial charge on any atom is -0.454 e. The first-order chi connectivity index (χ1) is 11.6. The molecule has 0 fully saturated rings. The van der Waals surface area contributed by atoms with Crippen molar-refractivity contribution < 1.29 is 14.3 Å². The lowest BCUT2D eigenvalue weighted by Crippen LogP contribution is -2.25. The molecule has 4 nitrogen and oxygen atoms in total. The van der Waals surface area contributed by atoms with E-state index < -0.39 is 0 Å². The summed E-state index contributed by atoms with van der Waals surface area (Å²) in [5.41, 5.74) is 1.67. The quantitative estimate of drug-likeness (QED) is 0.751. The van der Waals surface area contributed by atoms with Crippen LogP contribution in [-0.4, -0.2) is 25.0 Å². The normalized spacial score (nSPS) is 12.2. The molecule has 7 heteroatoms. The molecule has 2 aromatic rings. The van der Waals surface area contributed by atoms with E-state index in [2.05, 4.69) is 5.32 Å². The Balaban J connectivity index is 1.44. The highest BCUT2D eigenvalue weighted by Crippen LogP contribution is 2.39. The van der Waals surface area contributed by atoms with Gasteiger partial charge in [-0.05, 0) is 29.8 Å². The second kappa shape index (κ2) is 8.01. The average molecular weight is 384 g/mol. The molecule has 0 unspecified atom stereocenters. The molecular formula is C17H15Cl2NO3S. The monoisotopic (exact) mass is 383 g/mol. The molecule has 2 aromatic carbocycles. The molecule has 24 heavy (non-hydrogen) atoms. The van der Waals surface area contributed by atoms with Crippen LogP contribution in [-0.2, 0) is 5.75 Å². The van der Waals surface area contributed by atoms with Gasteiger partial charge in [0.2, 0.25) is 6.79 Å². The number of thioether (sulfide) groups is 1. The van der Waals surface area contributed by atoms with Gasteiger partial charge in [-0.15, -0.1) is 0 Å². The van der Waals surface area contributed by atoms with E-state index in [-0.39, 0.29) is 12.7 Å². The molecule has 0 bridgehead atoms. The van der Waals surface area contributed by atoms with Crippen molar-refractivity contribution in [3.63, 3.8) is 0 Å². The summed E-state index contributed by atoms with van der Waals surface area (Å²) < 4.78 is 10.5. The fourth-order valence-electron chi connectivity index (χ4n) is 2.21. The third-order valence-corrected chi connectivity index (χ3v) is 4.97. The number of amides is 1. The Kier molecular flexibility index (Phi) is 5.76. The molecule has 1 heterocycles. The summed E-state index contributed by atoms with van der Waals surface area (Å²) in [4.78, 5) is 12.2.